The summed E-state index contributed by atoms with van der Waals surface area (Å²) in [4.78, 5) is 33.6. The molecule has 1 aromatic heterocycles. The van der Waals surface area contributed by atoms with Crippen molar-refractivity contribution in [3.05, 3.63) is 70.6 Å². The van der Waals surface area contributed by atoms with E-state index in [1.807, 2.05) is 24.3 Å². The monoisotopic (exact) mass is 483 g/mol. The number of aromatic nitrogens is 2. The molecule has 3 aromatic rings. The first-order chi connectivity index (χ1) is 16.4. The number of anilines is 1. The molecule has 4 rings (SSSR count). The predicted octanol–water partition coefficient (Wildman–Crippen LogP) is 3.62. The van der Waals surface area contributed by atoms with Gasteiger partial charge in [0.25, 0.3) is 5.91 Å². The first-order valence-corrected chi connectivity index (χ1v) is 11.2. The van der Waals surface area contributed by atoms with Crippen molar-refractivity contribution in [1.82, 2.24) is 14.9 Å². The number of ether oxygens (including phenoxy) is 2. The fourth-order valence-electron chi connectivity index (χ4n) is 3.75. The maximum Gasteiger partial charge on any atom is 0.411 e. The molecule has 0 spiro atoms. The number of imidazole rings is 1. The summed E-state index contributed by atoms with van der Waals surface area (Å²) in [7, 11) is 1.30. The Kier molecular flexibility index (Phi) is 7.46. The van der Waals surface area contributed by atoms with Crippen molar-refractivity contribution >= 4 is 29.3 Å². The van der Waals surface area contributed by atoms with Gasteiger partial charge >= 0.3 is 6.09 Å². The molecule has 1 atom stereocenters. The maximum atomic E-state index is 12.8. The second-order valence-electron chi connectivity index (χ2n) is 7.89. The largest absolute Gasteiger partial charge is 0.453 e. The number of carbonyl (C=O) groups is 2. The van der Waals surface area contributed by atoms with E-state index in [0.717, 1.165) is 11.1 Å². The number of nitrogens with two attached hydrogens (primary N) is 1. The van der Waals surface area contributed by atoms with Gasteiger partial charge in [0.2, 0.25) is 0 Å². The van der Waals surface area contributed by atoms with Gasteiger partial charge in [0.05, 0.1) is 26.4 Å². The summed E-state index contributed by atoms with van der Waals surface area (Å²) in [6.45, 7) is 2.30. The molecule has 34 heavy (non-hydrogen) atoms. The van der Waals surface area contributed by atoms with Crippen molar-refractivity contribution in [1.29, 1.82) is 0 Å². The number of amides is 2. The highest BCUT2D eigenvalue weighted by atomic mass is 35.5. The number of methoxy groups -OCH3 is 1. The summed E-state index contributed by atoms with van der Waals surface area (Å²) in [6.07, 6.45) is -0.0651. The topological polar surface area (TPSA) is 123 Å². The van der Waals surface area contributed by atoms with Gasteiger partial charge in [-0.05, 0) is 36.2 Å². The van der Waals surface area contributed by atoms with Crippen LogP contribution in [0, 0.1) is 0 Å². The summed E-state index contributed by atoms with van der Waals surface area (Å²) in [5, 5.41) is 2.96. The van der Waals surface area contributed by atoms with Crippen LogP contribution in [0.25, 0.3) is 11.3 Å². The molecule has 2 heterocycles. The van der Waals surface area contributed by atoms with E-state index in [1.54, 1.807) is 29.2 Å². The standard InChI is InChI=1S/C24H26ClN5O4/c1-33-24(32)27-18-7-5-16(6-8-18)20-21(25)29-22(28-20)19(26)14-15-3-2-4-17(13-15)23(31)30-9-11-34-12-10-30/h2-8,13,19H,9-12,14,26H2,1H3,(H,27,32)(H,28,29)/t19-/m0/s1. The molecule has 0 unspecified atom stereocenters. The van der Waals surface area contributed by atoms with Gasteiger partial charge < -0.3 is 25.1 Å². The highest BCUT2D eigenvalue weighted by molar-refractivity contribution is 6.31. The first-order valence-electron chi connectivity index (χ1n) is 10.9. The lowest BCUT2D eigenvalue weighted by Gasteiger charge is -2.27. The summed E-state index contributed by atoms with van der Waals surface area (Å²) in [6, 6.07) is 14.1. The van der Waals surface area contributed by atoms with E-state index < -0.39 is 12.1 Å². The van der Waals surface area contributed by atoms with Crippen LogP contribution in [-0.4, -0.2) is 60.3 Å². The van der Waals surface area contributed by atoms with Crippen LogP contribution in [0.4, 0.5) is 10.5 Å². The van der Waals surface area contributed by atoms with Crippen LogP contribution >= 0.6 is 11.6 Å². The maximum absolute atomic E-state index is 12.8. The minimum absolute atomic E-state index is 0.00723. The number of aromatic amines is 1. The number of morpholine rings is 1. The van der Waals surface area contributed by atoms with E-state index in [0.29, 0.717) is 60.6 Å². The molecule has 0 bridgehead atoms. The average Bonchev–Trinajstić information content (AvgIpc) is 3.26. The molecule has 9 nitrogen and oxygen atoms in total. The number of benzene rings is 2. The number of hydrogen-bond donors (Lipinski definition) is 3. The zero-order chi connectivity index (χ0) is 24.1. The molecule has 0 saturated carbocycles. The highest BCUT2D eigenvalue weighted by Crippen LogP contribution is 2.29. The third-order valence-electron chi connectivity index (χ3n) is 5.55. The van der Waals surface area contributed by atoms with Gasteiger partial charge in [-0.3, -0.25) is 10.1 Å². The van der Waals surface area contributed by atoms with Gasteiger partial charge in [-0.1, -0.05) is 35.9 Å². The molecule has 10 heteroatoms. The van der Waals surface area contributed by atoms with Crippen molar-refractivity contribution in [3.8, 4) is 11.3 Å². The summed E-state index contributed by atoms with van der Waals surface area (Å²) in [5.41, 5.74) is 9.91. The summed E-state index contributed by atoms with van der Waals surface area (Å²) < 4.78 is 9.92. The number of hydrogen-bond acceptors (Lipinski definition) is 6. The van der Waals surface area contributed by atoms with Crippen LogP contribution in [0.5, 0.6) is 0 Å². The number of carbonyl (C=O) groups excluding carboxylic acids is 2. The fourth-order valence-corrected chi connectivity index (χ4v) is 4.00. The smallest absolute Gasteiger partial charge is 0.411 e. The molecule has 178 valence electrons. The normalized spacial score (nSPS) is 14.5. The van der Waals surface area contributed by atoms with E-state index >= 15 is 0 Å². The highest BCUT2D eigenvalue weighted by Gasteiger charge is 2.20. The summed E-state index contributed by atoms with van der Waals surface area (Å²) >= 11 is 6.40. The van der Waals surface area contributed by atoms with Gasteiger partial charge in [-0.2, -0.15) is 0 Å². The fraction of sp³-hybridized carbons (Fsp3) is 0.292. The molecule has 1 fully saturated rings. The lowest BCUT2D eigenvalue weighted by Crippen LogP contribution is -2.40. The van der Waals surface area contributed by atoms with Crippen LogP contribution in [0.1, 0.15) is 27.8 Å². The van der Waals surface area contributed by atoms with Gasteiger partial charge in [-0.15, -0.1) is 0 Å². The second kappa shape index (κ2) is 10.7. The molecule has 4 N–H and O–H groups in total. The van der Waals surface area contributed by atoms with Crippen LogP contribution in [0.3, 0.4) is 0 Å². The zero-order valence-corrected chi connectivity index (χ0v) is 19.5. The Balaban J connectivity index is 1.45. The van der Waals surface area contributed by atoms with Crippen molar-refractivity contribution in [2.45, 2.75) is 12.5 Å². The third kappa shape index (κ3) is 5.56. The number of halogens is 1. The molecule has 1 aliphatic heterocycles. The minimum atomic E-state index is -0.547. The minimum Gasteiger partial charge on any atom is -0.453 e. The van der Waals surface area contributed by atoms with Gasteiger partial charge in [-0.25, -0.2) is 9.78 Å². The number of nitrogens with one attached hydrogen (secondary N) is 2. The van der Waals surface area contributed by atoms with Crippen molar-refractivity contribution in [2.75, 3.05) is 38.7 Å². The Morgan fingerprint density at radius 2 is 1.97 bits per heavy atom. The van der Waals surface area contributed by atoms with Crippen molar-refractivity contribution < 1.29 is 19.1 Å². The van der Waals surface area contributed by atoms with E-state index in [4.69, 9.17) is 22.1 Å². The van der Waals surface area contributed by atoms with Gasteiger partial charge in [0.1, 0.15) is 16.7 Å². The zero-order valence-electron chi connectivity index (χ0n) is 18.7. The third-order valence-corrected chi connectivity index (χ3v) is 5.82. The Hall–Kier alpha value is -3.40. The predicted molar refractivity (Wildman–Crippen MR) is 129 cm³/mol. The molecule has 2 amide bonds. The number of H-pyrrole nitrogens is 1. The van der Waals surface area contributed by atoms with Gasteiger partial charge in [0, 0.05) is 29.9 Å². The second-order valence-corrected chi connectivity index (χ2v) is 8.27. The molecule has 0 aliphatic carbocycles. The first kappa shape index (κ1) is 23.7. The van der Waals surface area contributed by atoms with Gasteiger partial charge in [0.15, 0.2) is 0 Å². The molecule has 1 aliphatic rings. The number of rotatable bonds is 6. The van der Waals surface area contributed by atoms with Crippen LogP contribution in [0.15, 0.2) is 48.5 Å². The Bertz CT molecular complexity index is 1160. The van der Waals surface area contributed by atoms with Crippen molar-refractivity contribution in [2.24, 2.45) is 5.73 Å². The molecule has 0 radical (unpaired) electrons. The molecule has 2 aromatic carbocycles. The average molecular weight is 484 g/mol. The Morgan fingerprint density at radius 3 is 2.68 bits per heavy atom. The van der Waals surface area contributed by atoms with E-state index in [1.165, 1.54) is 7.11 Å². The summed E-state index contributed by atoms with van der Waals surface area (Å²) in [5.74, 6) is 0.536. The van der Waals surface area contributed by atoms with Crippen molar-refractivity contribution in [3.63, 3.8) is 0 Å². The lowest BCUT2D eigenvalue weighted by atomic mass is 10.0. The Morgan fingerprint density at radius 1 is 1.24 bits per heavy atom. The van der Waals surface area contributed by atoms with E-state index in [9.17, 15) is 9.59 Å². The van der Waals surface area contributed by atoms with Crippen LogP contribution in [0.2, 0.25) is 5.15 Å². The number of nitrogens with zero attached hydrogens (tertiary/aromatic N) is 2. The quantitative estimate of drug-likeness (QED) is 0.492. The van der Waals surface area contributed by atoms with Crippen LogP contribution < -0.4 is 11.1 Å². The SMILES string of the molecule is COC(=O)Nc1ccc(-c2nc([C@@H](N)Cc3cccc(C(=O)N4CCOCC4)c3)[nH]c2Cl)cc1. The molecular formula is C24H26ClN5O4. The Labute approximate surface area is 202 Å². The molecule has 1 saturated heterocycles. The van der Waals surface area contributed by atoms with E-state index in [2.05, 4.69) is 20.0 Å². The lowest BCUT2D eigenvalue weighted by molar-refractivity contribution is 0.0303. The van der Waals surface area contributed by atoms with Crippen LogP contribution in [-0.2, 0) is 15.9 Å². The van der Waals surface area contributed by atoms with E-state index in [-0.39, 0.29) is 5.91 Å². The molecular weight excluding hydrogens is 458 g/mol.